The number of carboxylic acid groups (broad SMARTS) is 1. The van der Waals surface area contributed by atoms with Crippen LogP contribution in [0.2, 0.25) is 5.02 Å². The molecule has 1 aromatic heterocycles. The van der Waals surface area contributed by atoms with Crippen LogP contribution in [0.25, 0.3) is 11.3 Å². The van der Waals surface area contributed by atoms with E-state index < -0.39 is 35.1 Å². The van der Waals surface area contributed by atoms with Crippen LogP contribution in [0.1, 0.15) is 59.4 Å². The van der Waals surface area contributed by atoms with E-state index in [2.05, 4.69) is 4.98 Å². The molecule has 9 nitrogen and oxygen atoms in total. The van der Waals surface area contributed by atoms with Gasteiger partial charge in [0.15, 0.2) is 0 Å². The molecule has 2 aromatic carbocycles. The van der Waals surface area contributed by atoms with Gasteiger partial charge in [0.05, 0.1) is 18.4 Å². The molecular formula is C30H38ClFN4O5. The largest absolute Gasteiger partial charge is 0.480 e. The Morgan fingerprint density at radius 3 is 2.34 bits per heavy atom. The van der Waals surface area contributed by atoms with Crippen LogP contribution in [-0.2, 0) is 29.5 Å². The molecule has 222 valence electrons. The van der Waals surface area contributed by atoms with Gasteiger partial charge in [-0.2, -0.15) is 0 Å². The summed E-state index contributed by atoms with van der Waals surface area (Å²) in [7, 11) is 1.88. The quantitative estimate of drug-likeness (QED) is 0.291. The van der Waals surface area contributed by atoms with Crippen LogP contribution in [0.5, 0.6) is 11.5 Å². The molecule has 41 heavy (non-hydrogen) atoms. The number of halogens is 2. The SMILES string of the molecule is Cn1c(-c2ccc(Oc3cc(Cl)cc(F)c3CC[C@H](N)C(=O)O)cc2)cnc1CN(C(=O)OC(C)(C)C)C(C)(C)C. The maximum atomic E-state index is 14.7. The third-order valence-electron chi connectivity index (χ3n) is 6.33. The van der Waals surface area contributed by atoms with Gasteiger partial charge in [-0.05, 0) is 90.8 Å². The summed E-state index contributed by atoms with van der Waals surface area (Å²) in [6.45, 7) is 11.6. The number of hydrogen-bond acceptors (Lipinski definition) is 6. The van der Waals surface area contributed by atoms with Gasteiger partial charge in [-0.1, -0.05) is 11.6 Å². The Balaban J connectivity index is 1.81. The Hall–Kier alpha value is -3.63. The molecule has 0 unspecified atom stereocenters. The summed E-state index contributed by atoms with van der Waals surface area (Å²) >= 11 is 6.06. The molecule has 0 spiro atoms. The van der Waals surface area contributed by atoms with E-state index in [1.807, 2.05) is 65.3 Å². The molecule has 0 saturated carbocycles. The summed E-state index contributed by atoms with van der Waals surface area (Å²) < 4.78 is 28.2. The first-order valence-electron chi connectivity index (χ1n) is 13.2. The normalized spacial score (nSPS) is 12.6. The van der Waals surface area contributed by atoms with Gasteiger partial charge in [0.25, 0.3) is 0 Å². The standard InChI is InChI=1S/C30H38ClFN4O5/c1-29(2,3)36(28(39)41-30(4,5)6)17-26-34-16-24(35(26)7)18-8-10-20(11-9-18)40-25-15-19(31)14-22(32)21(25)12-13-23(33)27(37)38/h8-11,14-16,23H,12-13,17,33H2,1-7H3,(H,37,38)/t23-/m0/s1. The lowest BCUT2D eigenvalue weighted by molar-refractivity contribution is -0.138. The number of ether oxygens (including phenoxy) is 2. The number of imidazole rings is 1. The second kappa shape index (κ2) is 12.5. The van der Waals surface area contributed by atoms with Gasteiger partial charge < -0.3 is 24.9 Å². The van der Waals surface area contributed by atoms with Crippen LogP contribution in [-0.4, -0.2) is 48.8 Å². The van der Waals surface area contributed by atoms with Crippen molar-refractivity contribution in [2.24, 2.45) is 12.8 Å². The van der Waals surface area contributed by atoms with E-state index >= 15 is 0 Å². The minimum atomic E-state index is -1.16. The number of hydrogen-bond donors (Lipinski definition) is 2. The summed E-state index contributed by atoms with van der Waals surface area (Å²) in [6, 6.07) is 8.66. The van der Waals surface area contributed by atoms with Crippen molar-refractivity contribution in [3.05, 3.63) is 64.8 Å². The Kier molecular flexibility index (Phi) is 9.71. The van der Waals surface area contributed by atoms with Gasteiger partial charge in [-0.25, -0.2) is 14.2 Å². The van der Waals surface area contributed by atoms with Crippen molar-refractivity contribution in [3.63, 3.8) is 0 Å². The number of carbonyl (C=O) groups excluding carboxylic acids is 1. The van der Waals surface area contributed by atoms with Gasteiger partial charge in [0, 0.05) is 28.7 Å². The highest BCUT2D eigenvalue weighted by Crippen LogP contribution is 2.33. The van der Waals surface area contributed by atoms with Gasteiger partial charge in [0.2, 0.25) is 0 Å². The number of aromatic nitrogens is 2. The molecule has 0 aliphatic carbocycles. The van der Waals surface area contributed by atoms with Crippen LogP contribution in [0.3, 0.4) is 0 Å². The van der Waals surface area contributed by atoms with Crippen molar-refractivity contribution < 1.29 is 28.6 Å². The zero-order valence-corrected chi connectivity index (χ0v) is 25.3. The van der Waals surface area contributed by atoms with Crippen molar-refractivity contribution in [2.75, 3.05) is 0 Å². The number of benzene rings is 2. The third-order valence-corrected chi connectivity index (χ3v) is 6.55. The van der Waals surface area contributed by atoms with Gasteiger partial charge in [-0.15, -0.1) is 0 Å². The third kappa shape index (κ3) is 8.43. The second-order valence-electron chi connectivity index (χ2n) is 11.8. The van der Waals surface area contributed by atoms with Crippen molar-refractivity contribution in [2.45, 2.75) is 78.1 Å². The average Bonchev–Trinajstić information content (AvgIpc) is 3.20. The fraction of sp³-hybridized carbons (Fsp3) is 0.433. The van der Waals surface area contributed by atoms with E-state index in [-0.39, 0.29) is 35.7 Å². The lowest BCUT2D eigenvalue weighted by Crippen LogP contribution is -2.47. The molecule has 1 atom stereocenters. The molecule has 3 rings (SSSR count). The molecule has 0 bridgehead atoms. The fourth-order valence-electron chi connectivity index (χ4n) is 4.05. The fourth-order valence-corrected chi connectivity index (χ4v) is 4.25. The Morgan fingerprint density at radius 1 is 1.15 bits per heavy atom. The van der Waals surface area contributed by atoms with E-state index in [0.29, 0.717) is 11.6 Å². The van der Waals surface area contributed by atoms with E-state index in [1.54, 1.807) is 23.2 Å². The van der Waals surface area contributed by atoms with Crippen LogP contribution in [0, 0.1) is 5.82 Å². The van der Waals surface area contributed by atoms with E-state index in [0.717, 1.165) is 17.3 Å². The van der Waals surface area contributed by atoms with Crippen molar-refractivity contribution in [1.29, 1.82) is 0 Å². The first-order chi connectivity index (χ1) is 19.0. The minimum absolute atomic E-state index is 0.0343. The summed E-state index contributed by atoms with van der Waals surface area (Å²) in [5, 5.41) is 9.21. The van der Waals surface area contributed by atoms with E-state index in [1.165, 1.54) is 6.07 Å². The maximum Gasteiger partial charge on any atom is 0.411 e. The zero-order valence-electron chi connectivity index (χ0n) is 24.5. The first-order valence-corrected chi connectivity index (χ1v) is 13.6. The molecule has 1 amide bonds. The van der Waals surface area contributed by atoms with Crippen LogP contribution >= 0.6 is 11.6 Å². The van der Waals surface area contributed by atoms with E-state index in [9.17, 15) is 14.0 Å². The Bertz CT molecular complexity index is 1390. The smallest absolute Gasteiger partial charge is 0.411 e. The first kappa shape index (κ1) is 31.9. The minimum Gasteiger partial charge on any atom is -0.480 e. The molecule has 0 radical (unpaired) electrons. The highest BCUT2D eigenvalue weighted by molar-refractivity contribution is 6.30. The predicted octanol–water partition coefficient (Wildman–Crippen LogP) is 6.55. The van der Waals surface area contributed by atoms with Crippen molar-refractivity contribution >= 4 is 23.7 Å². The number of carboxylic acids is 1. The monoisotopic (exact) mass is 588 g/mol. The molecule has 0 aliphatic heterocycles. The van der Waals surface area contributed by atoms with Crippen LogP contribution in [0.15, 0.2) is 42.6 Å². The number of rotatable bonds is 9. The second-order valence-corrected chi connectivity index (χ2v) is 12.3. The number of nitrogens with zero attached hydrogens (tertiary/aromatic N) is 3. The summed E-state index contributed by atoms with van der Waals surface area (Å²) in [5.41, 5.74) is 6.34. The average molecular weight is 589 g/mol. The van der Waals surface area contributed by atoms with Crippen LogP contribution < -0.4 is 10.5 Å². The molecule has 11 heteroatoms. The van der Waals surface area contributed by atoms with Gasteiger partial charge in [-0.3, -0.25) is 9.69 Å². The Labute approximate surface area is 245 Å². The number of amides is 1. The van der Waals surface area contributed by atoms with Crippen molar-refractivity contribution in [3.8, 4) is 22.8 Å². The topological polar surface area (TPSA) is 120 Å². The number of nitrogens with two attached hydrogens (primary N) is 1. The van der Waals surface area contributed by atoms with Crippen LogP contribution in [0.4, 0.5) is 9.18 Å². The highest BCUT2D eigenvalue weighted by atomic mass is 35.5. The molecule has 0 aliphatic rings. The Morgan fingerprint density at radius 2 is 1.78 bits per heavy atom. The van der Waals surface area contributed by atoms with Crippen molar-refractivity contribution in [1.82, 2.24) is 14.5 Å². The maximum absolute atomic E-state index is 14.7. The summed E-state index contributed by atoms with van der Waals surface area (Å²) in [5.74, 6) is -0.454. The van der Waals surface area contributed by atoms with Gasteiger partial charge in [0.1, 0.15) is 34.8 Å². The number of carbonyl (C=O) groups is 2. The van der Waals surface area contributed by atoms with E-state index in [4.69, 9.17) is 31.9 Å². The lowest BCUT2D eigenvalue weighted by Gasteiger charge is -2.36. The molecule has 0 saturated heterocycles. The summed E-state index contributed by atoms with van der Waals surface area (Å²) in [4.78, 5) is 30.2. The molecule has 3 aromatic rings. The number of aliphatic carboxylic acids is 1. The predicted molar refractivity (Wildman–Crippen MR) is 156 cm³/mol. The summed E-state index contributed by atoms with van der Waals surface area (Å²) in [6.07, 6.45) is 1.42. The zero-order chi connectivity index (χ0) is 30.7. The molecular weight excluding hydrogens is 551 g/mol. The van der Waals surface area contributed by atoms with Gasteiger partial charge >= 0.3 is 12.1 Å². The molecule has 1 heterocycles. The molecule has 0 fully saturated rings. The lowest BCUT2D eigenvalue weighted by atomic mass is 10.0. The highest BCUT2D eigenvalue weighted by Gasteiger charge is 2.32. The molecule has 3 N–H and O–H groups in total.